The maximum Gasteiger partial charge on any atom is 0.122 e. The van der Waals surface area contributed by atoms with Crippen LogP contribution in [0.3, 0.4) is 0 Å². The second-order valence-corrected chi connectivity index (χ2v) is 5.91. The highest BCUT2D eigenvalue weighted by Crippen LogP contribution is 2.28. The van der Waals surface area contributed by atoms with Gasteiger partial charge in [-0.3, -0.25) is 4.21 Å². The zero-order valence-electron chi connectivity index (χ0n) is 8.41. The number of nitrogens with two attached hydrogens (primary N) is 1. The Morgan fingerprint density at radius 1 is 1.54 bits per heavy atom. The highest BCUT2D eigenvalue weighted by molar-refractivity contribution is 7.84. The predicted molar refractivity (Wildman–Crippen MR) is 54.8 cm³/mol. The van der Waals surface area contributed by atoms with Crippen molar-refractivity contribution in [2.24, 2.45) is 11.7 Å². The molecular weight excluding hydrogens is 186 g/mol. The van der Waals surface area contributed by atoms with Gasteiger partial charge in [-0.1, -0.05) is 0 Å². The van der Waals surface area contributed by atoms with E-state index >= 15 is 0 Å². The van der Waals surface area contributed by atoms with Crippen molar-refractivity contribution in [3.05, 3.63) is 0 Å². The quantitative estimate of drug-likeness (QED) is 0.699. The summed E-state index contributed by atoms with van der Waals surface area (Å²) in [5.41, 5.74) is 5.38. The minimum absolute atomic E-state index is 0.344. The zero-order chi connectivity index (χ0) is 9.90. The number of ether oxygens (including phenoxy) is 1. The number of hydrogen-bond donors (Lipinski definition) is 1. The van der Waals surface area contributed by atoms with Gasteiger partial charge in [0.2, 0.25) is 0 Å². The fourth-order valence-corrected chi connectivity index (χ4v) is 2.24. The largest absolute Gasteiger partial charge is 0.368 e. The zero-order valence-corrected chi connectivity index (χ0v) is 9.23. The van der Waals surface area contributed by atoms with E-state index in [-0.39, 0.29) is 5.54 Å². The molecule has 1 aliphatic carbocycles. The van der Waals surface area contributed by atoms with Gasteiger partial charge < -0.3 is 10.5 Å². The van der Waals surface area contributed by atoms with E-state index < -0.39 is 10.8 Å². The third kappa shape index (κ3) is 6.18. The van der Waals surface area contributed by atoms with E-state index in [0.717, 1.165) is 12.5 Å². The molecule has 3 nitrogen and oxygen atoms in total. The highest BCUT2D eigenvalue weighted by atomic mass is 32.2. The summed E-state index contributed by atoms with van der Waals surface area (Å²) in [7, 11) is -0.925. The van der Waals surface area contributed by atoms with E-state index in [9.17, 15) is 4.21 Å². The van der Waals surface area contributed by atoms with Crippen molar-refractivity contribution < 1.29 is 8.95 Å². The Bertz CT molecular complexity index is 185. The lowest BCUT2D eigenvalue weighted by molar-refractivity contribution is 0.168. The Morgan fingerprint density at radius 2 is 2.15 bits per heavy atom. The van der Waals surface area contributed by atoms with Gasteiger partial charge in [0.25, 0.3) is 0 Å². The van der Waals surface area contributed by atoms with Crippen molar-refractivity contribution in [2.75, 3.05) is 18.3 Å². The molecule has 0 aromatic rings. The van der Waals surface area contributed by atoms with Crippen LogP contribution >= 0.6 is 0 Å². The van der Waals surface area contributed by atoms with Crippen molar-refractivity contribution in [1.82, 2.24) is 0 Å². The van der Waals surface area contributed by atoms with Gasteiger partial charge in [0.15, 0.2) is 0 Å². The number of rotatable bonds is 6. The molecule has 2 N–H and O–H groups in total. The smallest absolute Gasteiger partial charge is 0.122 e. The van der Waals surface area contributed by atoms with Crippen molar-refractivity contribution >= 4 is 10.8 Å². The maximum atomic E-state index is 11.4. The second-order valence-electron chi connectivity index (χ2n) is 4.50. The molecule has 1 saturated carbocycles. The first-order chi connectivity index (χ1) is 5.97. The monoisotopic (exact) mass is 205 g/mol. The van der Waals surface area contributed by atoms with Gasteiger partial charge in [0.1, 0.15) is 5.94 Å². The van der Waals surface area contributed by atoms with E-state index in [2.05, 4.69) is 0 Å². The highest BCUT2D eigenvalue weighted by Gasteiger charge is 2.22. The SMILES string of the molecule is CC(C)(N)CS(=O)COCC1CC1. The lowest BCUT2D eigenvalue weighted by Crippen LogP contribution is -2.38. The van der Waals surface area contributed by atoms with Crippen LogP contribution in [0.2, 0.25) is 0 Å². The van der Waals surface area contributed by atoms with Gasteiger partial charge in [-0.15, -0.1) is 0 Å². The van der Waals surface area contributed by atoms with Gasteiger partial charge in [-0.25, -0.2) is 0 Å². The molecule has 0 saturated heterocycles. The second kappa shape index (κ2) is 4.53. The molecule has 0 amide bonds. The van der Waals surface area contributed by atoms with E-state index in [4.69, 9.17) is 10.5 Å². The van der Waals surface area contributed by atoms with Gasteiger partial charge >= 0.3 is 0 Å². The van der Waals surface area contributed by atoms with Gasteiger partial charge in [-0.05, 0) is 32.6 Å². The molecule has 1 aliphatic rings. The first-order valence-electron chi connectivity index (χ1n) is 4.69. The normalized spacial score (nSPS) is 20.2. The Labute approximate surface area is 82.5 Å². The molecule has 78 valence electrons. The molecule has 0 heterocycles. The molecule has 13 heavy (non-hydrogen) atoms. The number of hydrogen-bond acceptors (Lipinski definition) is 3. The summed E-state index contributed by atoms with van der Waals surface area (Å²) in [6.07, 6.45) is 2.55. The maximum absolute atomic E-state index is 11.4. The Kier molecular flexibility index (Phi) is 3.88. The van der Waals surface area contributed by atoms with Crippen LogP contribution in [0.4, 0.5) is 0 Å². The van der Waals surface area contributed by atoms with Crippen LogP contribution in [0.15, 0.2) is 0 Å². The first kappa shape index (κ1) is 11.1. The molecule has 1 atom stereocenters. The molecule has 0 radical (unpaired) electrons. The van der Waals surface area contributed by atoms with Crippen molar-refractivity contribution in [1.29, 1.82) is 0 Å². The average Bonchev–Trinajstić information content (AvgIpc) is 2.66. The van der Waals surface area contributed by atoms with Crippen LogP contribution in [0.25, 0.3) is 0 Å². The topological polar surface area (TPSA) is 52.3 Å². The van der Waals surface area contributed by atoms with Crippen LogP contribution < -0.4 is 5.73 Å². The summed E-state index contributed by atoms with van der Waals surface area (Å²) in [6, 6.07) is 0. The molecule has 4 heteroatoms. The molecule has 0 aromatic heterocycles. The molecule has 1 rings (SSSR count). The fourth-order valence-electron chi connectivity index (χ4n) is 1.05. The Morgan fingerprint density at radius 3 is 2.62 bits per heavy atom. The molecule has 0 bridgehead atoms. The van der Waals surface area contributed by atoms with Crippen LogP contribution in [0.1, 0.15) is 26.7 Å². The summed E-state index contributed by atoms with van der Waals surface area (Å²) >= 11 is 0. The molecule has 0 aromatic carbocycles. The van der Waals surface area contributed by atoms with E-state index in [1.165, 1.54) is 12.8 Å². The van der Waals surface area contributed by atoms with Gasteiger partial charge in [0.05, 0.1) is 6.61 Å². The summed E-state index contributed by atoms with van der Waals surface area (Å²) in [5.74, 6) is 1.59. The van der Waals surface area contributed by atoms with Crippen LogP contribution in [-0.4, -0.2) is 28.0 Å². The predicted octanol–water partition coefficient (Wildman–Crippen LogP) is 0.856. The first-order valence-corrected chi connectivity index (χ1v) is 6.18. The minimum Gasteiger partial charge on any atom is -0.368 e. The third-order valence-corrected chi connectivity index (χ3v) is 3.29. The Balaban J connectivity index is 2.02. The lowest BCUT2D eigenvalue weighted by Gasteiger charge is -2.17. The van der Waals surface area contributed by atoms with Crippen LogP contribution in [-0.2, 0) is 15.5 Å². The third-order valence-electron chi connectivity index (χ3n) is 1.80. The van der Waals surface area contributed by atoms with Crippen molar-refractivity contribution in [2.45, 2.75) is 32.2 Å². The summed E-state index contributed by atoms with van der Waals surface area (Å²) in [5, 5.41) is 0. The summed E-state index contributed by atoms with van der Waals surface area (Å²) in [4.78, 5) is 0. The van der Waals surface area contributed by atoms with E-state index in [1.54, 1.807) is 0 Å². The van der Waals surface area contributed by atoms with Gasteiger partial charge in [-0.2, -0.15) is 0 Å². The summed E-state index contributed by atoms with van der Waals surface area (Å²) in [6.45, 7) is 4.54. The standard InChI is InChI=1S/C9H19NO2S/c1-9(2,10)6-13(11)7-12-5-8-3-4-8/h8H,3-7,10H2,1-2H3. The van der Waals surface area contributed by atoms with E-state index in [0.29, 0.717) is 11.7 Å². The molecular formula is C9H19NO2S. The van der Waals surface area contributed by atoms with Crippen LogP contribution in [0, 0.1) is 5.92 Å². The minimum atomic E-state index is -0.925. The molecule has 1 fully saturated rings. The average molecular weight is 205 g/mol. The van der Waals surface area contributed by atoms with Gasteiger partial charge in [0, 0.05) is 22.1 Å². The molecule has 0 aliphatic heterocycles. The van der Waals surface area contributed by atoms with E-state index in [1.807, 2.05) is 13.8 Å². The summed E-state index contributed by atoms with van der Waals surface area (Å²) < 4.78 is 16.7. The van der Waals surface area contributed by atoms with Crippen molar-refractivity contribution in [3.8, 4) is 0 Å². The molecule has 1 unspecified atom stereocenters. The lowest BCUT2D eigenvalue weighted by atomic mass is 10.1. The van der Waals surface area contributed by atoms with Crippen molar-refractivity contribution in [3.63, 3.8) is 0 Å². The Hall–Kier alpha value is 0.0700. The molecule has 0 spiro atoms. The fraction of sp³-hybridized carbons (Fsp3) is 1.00. The van der Waals surface area contributed by atoms with Crippen LogP contribution in [0.5, 0.6) is 0 Å².